The minimum absolute atomic E-state index is 0.346. The molecular formula is C18H21ClN2O3S. The van der Waals surface area contributed by atoms with Crippen LogP contribution in [0.5, 0.6) is 5.75 Å². The van der Waals surface area contributed by atoms with Crippen LogP contribution < -0.4 is 9.64 Å². The fraction of sp³-hybridized carbons (Fsp3) is 0.333. The van der Waals surface area contributed by atoms with Crippen molar-refractivity contribution in [1.82, 2.24) is 4.31 Å². The Kier molecular flexibility index (Phi) is 5.22. The molecule has 5 nitrogen and oxygen atoms in total. The Labute approximate surface area is 153 Å². The first-order valence-corrected chi connectivity index (χ1v) is 9.89. The number of sulfonamides is 1. The van der Waals surface area contributed by atoms with Gasteiger partial charge in [-0.05, 0) is 37.3 Å². The van der Waals surface area contributed by atoms with E-state index in [9.17, 15) is 8.42 Å². The first-order valence-electron chi connectivity index (χ1n) is 8.07. The molecule has 0 bridgehead atoms. The highest BCUT2D eigenvalue weighted by molar-refractivity contribution is 7.89. The standard InChI is InChI=1S/C18H21ClN2O3S/c1-14-3-6-16(7-4-14)25(22,23)21-11-9-20(10-12-21)15-5-8-18(24-2)17(19)13-15/h3-8,13H,9-12H2,1-2H3. The molecule has 0 amide bonds. The maximum Gasteiger partial charge on any atom is 0.243 e. The molecule has 1 aliphatic heterocycles. The number of anilines is 1. The SMILES string of the molecule is COc1ccc(N2CCN(S(=O)(=O)c3ccc(C)cc3)CC2)cc1Cl. The molecule has 2 aromatic carbocycles. The summed E-state index contributed by atoms with van der Waals surface area (Å²) in [4.78, 5) is 2.48. The third-order valence-electron chi connectivity index (χ3n) is 4.40. The summed E-state index contributed by atoms with van der Waals surface area (Å²) < 4.78 is 32.2. The number of methoxy groups -OCH3 is 1. The number of halogens is 1. The second-order valence-corrected chi connectivity index (χ2v) is 8.37. The van der Waals surface area contributed by atoms with Crippen LogP contribution in [-0.2, 0) is 10.0 Å². The molecule has 25 heavy (non-hydrogen) atoms. The van der Waals surface area contributed by atoms with E-state index in [4.69, 9.17) is 16.3 Å². The Morgan fingerprint density at radius 1 is 1.00 bits per heavy atom. The smallest absolute Gasteiger partial charge is 0.243 e. The average Bonchev–Trinajstić information content (AvgIpc) is 2.62. The van der Waals surface area contributed by atoms with Crippen molar-refractivity contribution in [2.45, 2.75) is 11.8 Å². The van der Waals surface area contributed by atoms with Crippen LogP contribution in [0.3, 0.4) is 0 Å². The normalized spacial score (nSPS) is 16.0. The highest BCUT2D eigenvalue weighted by atomic mass is 35.5. The quantitative estimate of drug-likeness (QED) is 0.817. The molecule has 0 unspecified atom stereocenters. The van der Waals surface area contributed by atoms with E-state index in [-0.39, 0.29) is 0 Å². The molecule has 1 aliphatic rings. The number of hydrogen-bond acceptors (Lipinski definition) is 4. The van der Waals surface area contributed by atoms with Crippen molar-refractivity contribution in [2.24, 2.45) is 0 Å². The summed E-state index contributed by atoms with van der Waals surface area (Å²) in [5, 5.41) is 0.551. The molecule has 134 valence electrons. The predicted molar refractivity (Wildman–Crippen MR) is 100 cm³/mol. The monoisotopic (exact) mass is 380 g/mol. The summed E-state index contributed by atoms with van der Waals surface area (Å²) in [5.74, 6) is 0.631. The first kappa shape index (κ1) is 18.0. The van der Waals surface area contributed by atoms with Crippen LogP contribution in [0.2, 0.25) is 5.02 Å². The van der Waals surface area contributed by atoms with Crippen LogP contribution >= 0.6 is 11.6 Å². The lowest BCUT2D eigenvalue weighted by molar-refractivity contribution is 0.384. The zero-order chi connectivity index (χ0) is 18.0. The van der Waals surface area contributed by atoms with Gasteiger partial charge in [-0.1, -0.05) is 29.3 Å². The molecule has 0 atom stereocenters. The van der Waals surface area contributed by atoms with Gasteiger partial charge in [0.1, 0.15) is 5.75 Å². The van der Waals surface area contributed by atoms with Crippen LogP contribution in [0.1, 0.15) is 5.56 Å². The molecule has 2 aromatic rings. The van der Waals surface area contributed by atoms with Crippen molar-refractivity contribution >= 4 is 27.3 Å². The van der Waals surface area contributed by atoms with Crippen molar-refractivity contribution in [3.05, 3.63) is 53.1 Å². The second-order valence-electron chi connectivity index (χ2n) is 6.02. The van der Waals surface area contributed by atoms with E-state index in [0.29, 0.717) is 41.8 Å². The maximum atomic E-state index is 12.7. The zero-order valence-corrected chi connectivity index (χ0v) is 15.8. The zero-order valence-electron chi connectivity index (χ0n) is 14.3. The van der Waals surface area contributed by atoms with Gasteiger partial charge in [0.2, 0.25) is 10.0 Å². The Balaban J connectivity index is 1.71. The lowest BCUT2D eigenvalue weighted by atomic mass is 10.2. The Hall–Kier alpha value is -1.76. The van der Waals surface area contributed by atoms with Gasteiger partial charge in [-0.25, -0.2) is 8.42 Å². The van der Waals surface area contributed by atoms with Gasteiger partial charge in [-0.2, -0.15) is 4.31 Å². The van der Waals surface area contributed by atoms with Gasteiger partial charge in [0.25, 0.3) is 0 Å². The number of piperazine rings is 1. The van der Waals surface area contributed by atoms with E-state index >= 15 is 0 Å². The van der Waals surface area contributed by atoms with E-state index in [2.05, 4.69) is 4.90 Å². The largest absolute Gasteiger partial charge is 0.495 e. The first-order chi connectivity index (χ1) is 11.9. The highest BCUT2D eigenvalue weighted by Crippen LogP contribution is 2.30. The molecule has 1 heterocycles. The molecule has 0 N–H and O–H groups in total. The van der Waals surface area contributed by atoms with Crippen molar-refractivity contribution in [3.63, 3.8) is 0 Å². The fourth-order valence-electron chi connectivity index (χ4n) is 2.90. The molecule has 0 aromatic heterocycles. The molecule has 1 saturated heterocycles. The summed E-state index contributed by atoms with van der Waals surface area (Å²) in [7, 11) is -1.86. The van der Waals surface area contributed by atoms with Gasteiger partial charge < -0.3 is 9.64 Å². The van der Waals surface area contributed by atoms with Crippen molar-refractivity contribution in [3.8, 4) is 5.75 Å². The summed E-state index contributed by atoms with van der Waals surface area (Å²) in [6, 6.07) is 12.6. The molecule has 0 aliphatic carbocycles. The average molecular weight is 381 g/mol. The van der Waals surface area contributed by atoms with E-state index in [1.807, 2.05) is 37.3 Å². The molecule has 7 heteroatoms. The van der Waals surface area contributed by atoms with Gasteiger partial charge in [0.05, 0.1) is 17.0 Å². The summed E-state index contributed by atoms with van der Waals surface area (Å²) >= 11 is 6.18. The van der Waals surface area contributed by atoms with E-state index < -0.39 is 10.0 Å². The summed E-state index contributed by atoms with van der Waals surface area (Å²) in [6.45, 7) is 4.07. The molecule has 0 saturated carbocycles. The van der Waals surface area contributed by atoms with Crippen LogP contribution in [0, 0.1) is 6.92 Å². The van der Waals surface area contributed by atoms with Crippen LogP contribution in [0.15, 0.2) is 47.4 Å². The third kappa shape index (κ3) is 3.76. The van der Waals surface area contributed by atoms with Crippen molar-refractivity contribution in [1.29, 1.82) is 0 Å². The minimum Gasteiger partial charge on any atom is -0.495 e. The van der Waals surface area contributed by atoms with Crippen molar-refractivity contribution in [2.75, 3.05) is 38.2 Å². The second kappa shape index (κ2) is 7.23. The number of aryl methyl sites for hydroxylation is 1. The van der Waals surface area contributed by atoms with E-state index in [0.717, 1.165) is 11.3 Å². The maximum absolute atomic E-state index is 12.7. The van der Waals surface area contributed by atoms with Gasteiger partial charge in [-0.15, -0.1) is 0 Å². The van der Waals surface area contributed by atoms with Crippen molar-refractivity contribution < 1.29 is 13.2 Å². The fourth-order valence-corrected chi connectivity index (χ4v) is 4.57. The predicted octanol–water partition coefficient (Wildman–Crippen LogP) is 3.17. The Bertz CT molecular complexity index is 845. The van der Waals surface area contributed by atoms with Gasteiger partial charge in [0, 0.05) is 31.9 Å². The topological polar surface area (TPSA) is 49.9 Å². The summed E-state index contributed by atoms with van der Waals surface area (Å²) in [5.41, 5.74) is 2.01. The van der Waals surface area contributed by atoms with E-state index in [1.54, 1.807) is 23.5 Å². The lowest BCUT2D eigenvalue weighted by Crippen LogP contribution is -2.48. The van der Waals surface area contributed by atoms with Gasteiger partial charge in [-0.3, -0.25) is 0 Å². The lowest BCUT2D eigenvalue weighted by Gasteiger charge is -2.35. The number of benzene rings is 2. The Morgan fingerprint density at radius 2 is 1.64 bits per heavy atom. The molecular weight excluding hydrogens is 360 g/mol. The van der Waals surface area contributed by atoms with E-state index in [1.165, 1.54) is 0 Å². The van der Waals surface area contributed by atoms with Crippen LogP contribution in [-0.4, -0.2) is 46.0 Å². The van der Waals surface area contributed by atoms with Gasteiger partial charge in [0.15, 0.2) is 0 Å². The number of rotatable bonds is 4. The Morgan fingerprint density at radius 3 is 2.20 bits per heavy atom. The van der Waals surface area contributed by atoms with Crippen LogP contribution in [0.4, 0.5) is 5.69 Å². The number of hydrogen-bond donors (Lipinski definition) is 0. The molecule has 0 radical (unpaired) electrons. The molecule has 3 rings (SSSR count). The van der Waals surface area contributed by atoms with Gasteiger partial charge >= 0.3 is 0 Å². The highest BCUT2D eigenvalue weighted by Gasteiger charge is 2.28. The third-order valence-corrected chi connectivity index (χ3v) is 6.61. The molecule has 1 fully saturated rings. The summed E-state index contributed by atoms with van der Waals surface area (Å²) in [6.07, 6.45) is 0. The minimum atomic E-state index is -3.44. The number of ether oxygens (including phenoxy) is 1. The van der Waals surface area contributed by atoms with Crippen LogP contribution in [0.25, 0.3) is 0 Å². The number of nitrogens with zero attached hydrogens (tertiary/aromatic N) is 2. The molecule has 0 spiro atoms.